The number of hydrogen-bond donors (Lipinski definition) is 1. The van der Waals surface area contributed by atoms with Gasteiger partial charge in [-0.05, 0) is 57.4 Å². The van der Waals surface area contributed by atoms with Crippen LogP contribution >= 0.6 is 23.2 Å². The van der Waals surface area contributed by atoms with E-state index in [2.05, 4.69) is 5.23 Å². The number of benzene rings is 1. The average Bonchev–Trinajstić information content (AvgIpc) is 2.65. The summed E-state index contributed by atoms with van der Waals surface area (Å²) in [7, 11) is 0.115. The maximum absolute atomic E-state index is 12.2. The highest BCUT2D eigenvalue weighted by atomic mass is 35.5. The molecule has 1 rings (SSSR count). The van der Waals surface area contributed by atoms with Crippen LogP contribution in [0.2, 0.25) is 0 Å². The minimum Gasteiger partial charge on any atom is -0.460 e. The fourth-order valence-corrected chi connectivity index (χ4v) is 3.10. The fraction of sp³-hybridized carbons (Fsp3) is 0.550. The van der Waals surface area contributed by atoms with Crippen molar-refractivity contribution in [1.29, 1.82) is 0 Å². The predicted octanol–water partition coefficient (Wildman–Crippen LogP) is 3.01. The molecule has 1 amide bonds. The maximum Gasteiger partial charge on any atom is 0.416 e. The van der Waals surface area contributed by atoms with Crippen LogP contribution in [0.15, 0.2) is 18.2 Å². The van der Waals surface area contributed by atoms with Gasteiger partial charge >= 0.3 is 12.1 Å². The van der Waals surface area contributed by atoms with E-state index < -0.39 is 11.7 Å². The molecular weight excluding hydrogens is 430 g/mol. The molecule has 7 nitrogen and oxygen atoms in total. The number of hydrogen-bond acceptors (Lipinski definition) is 6. The monoisotopic (exact) mass is 458 g/mol. The number of halogens is 2. The Labute approximate surface area is 188 Å². The molecule has 0 radical (unpaired) electrons. The quantitative estimate of drug-likeness (QED) is 0.180. The maximum atomic E-state index is 12.2. The average molecular weight is 459 g/mol. The SMILES string of the molecule is Cc1ccc(OC(=O)N(CCl)CCCl)cc1C[C@H](CC(=O)OC(C)(C)C)NBC=O. The molecule has 0 aromatic heterocycles. The lowest BCUT2D eigenvalue weighted by molar-refractivity contribution is -0.155. The van der Waals surface area contributed by atoms with Crippen molar-refractivity contribution in [2.24, 2.45) is 0 Å². The number of nitrogens with one attached hydrogen (secondary N) is 1. The second-order valence-electron chi connectivity index (χ2n) is 7.79. The van der Waals surface area contributed by atoms with E-state index in [-0.39, 0.29) is 44.3 Å². The molecule has 1 aromatic carbocycles. The molecule has 0 aliphatic rings. The smallest absolute Gasteiger partial charge is 0.416 e. The Morgan fingerprint density at radius 2 is 2.00 bits per heavy atom. The molecule has 0 spiro atoms. The Bertz CT molecular complexity index is 728. The molecule has 30 heavy (non-hydrogen) atoms. The van der Waals surface area contributed by atoms with Crippen molar-refractivity contribution in [2.45, 2.75) is 52.2 Å². The third-order valence-electron chi connectivity index (χ3n) is 4.07. The first-order valence-electron chi connectivity index (χ1n) is 9.66. The van der Waals surface area contributed by atoms with E-state index in [1.165, 1.54) is 4.90 Å². The molecule has 10 heteroatoms. The number of carbonyl (C=O) groups is 3. The van der Waals surface area contributed by atoms with Crippen LogP contribution in [0, 0.1) is 6.92 Å². The third-order valence-corrected chi connectivity index (χ3v) is 4.53. The second kappa shape index (κ2) is 12.8. The van der Waals surface area contributed by atoms with Crippen LogP contribution in [0.25, 0.3) is 0 Å². The van der Waals surface area contributed by atoms with Crippen molar-refractivity contribution >= 4 is 48.9 Å². The summed E-state index contributed by atoms with van der Waals surface area (Å²) in [4.78, 5) is 36.5. The number of nitrogens with zero attached hydrogens (tertiary/aromatic N) is 1. The highest BCUT2D eigenvalue weighted by Gasteiger charge is 2.22. The molecule has 0 saturated carbocycles. The van der Waals surface area contributed by atoms with Gasteiger partial charge in [0.1, 0.15) is 11.4 Å². The molecule has 1 atom stereocenters. The molecule has 166 valence electrons. The standard InChI is InChI=1S/C20H29BCl2N2O5/c1-14-5-6-17(29-19(28)25(13-23)8-7-22)10-15(14)9-16(24-21-12-26)11-18(27)30-20(2,3)4/h5-6,10,12,16,21,24H,7-9,11,13H2,1-4H3/t16-/m1/s1. The molecule has 0 heterocycles. The number of esters is 1. The van der Waals surface area contributed by atoms with E-state index in [4.69, 9.17) is 32.7 Å². The van der Waals surface area contributed by atoms with Gasteiger partial charge in [0.05, 0.1) is 18.6 Å². The lowest BCUT2D eigenvalue weighted by atomic mass is 9.91. The summed E-state index contributed by atoms with van der Waals surface area (Å²) in [5.41, 5.74) is 1.25. The lowest BCUT2D eigenvalue weighted by Gasteiger charge is -2.23. The lowest BCUT2D eigenvalue weighted by Crippen LogP contribution is -2.38. The van der Waals surface area contributed by atoms with Gasteiger partial charge in [0.15, 0.2) is 0 Å². The molecular formula is C20H29BCl2N2O5. The van der Waals surface area contributed by atoms with Crippen molar-refractivity contribution in [3.8, 4) is 5.75 Å². The first-order chi connectivity index (χ1) is 14.1. The van der Waals surface area contributed by atoms with Gasteiger partial charge in [0.2, 0.25) is 0 Å². The van der Waals surface area contributed by atoms with Gasteiger partial charge in [-0.1, -0.05) is 6.07 Å². The molecule has 0 bridgehead atoms. The van der Waals surface area contributed by atoms with E-state index in [0.717, 1.165) is 17.3 Å². The summed E-state index contributed by atoms with van der Waals surface area (Å²) in [5, 5.41) is 3.05. The van der Waals surface area contributed by atoms with Gasteiger partial charge in [-0.2, -0.15) is 0 Å². The summed E-state index contributed by atoms with van der Waals surface area (Å²) >= 11 is 11.4. The number of ether oxygens (including phenoxy) is 2. The van der Waals surface area contributed by atoms with Crippen molar-refractivity contribution in [3.05, 3.63) is 29.3 Å². The van der Waals surface area contributed by atoms with Crippen LogP contribution in [0.4, 0.5) is 4.79 Å². The second-order valence-corrected chi connectivity index (χ2v) is 8.41. The van der Waals surface area contributed by atoms with Crippen LogP contribution in [0.3, 0.4) is 0 Å². The minimum absolute atomic E-state index is 0.0299. The van der Waals surface area contributed by atoms with E-state index in [1.807, 2.05) is 13.0 Å². The first kappa shape index (κ1) is 26.3. The highest BCUT2D eigenvalue weighted by molar-refractivity contribution is 6.64. The number of rotatable bonds is 11. The summed E-state index contributed by atoms with van der Waals surface area (Å²) in [6, 6.07) is 4.91. The number of aryl methyl sites for hydroxylation is 1. The molecule has 1 aromatic rings. The Morgan fingerprint density at radius 1 is 1.30 bits per heavy atom. The zero-order valence-electron chi connectivity index (χ0n) is 17.9. The van der Waals surface area contributed by atoms with E-state index >= 15 is 0 Å². The molecule has 0 unspecified atom stereocenters. The van der Waals surface area contributed by atoms with Crippen molar-refractivity contribution in [3.63, 3.8) is 0 Å². The van der Waals surface area contributed by atoms with E-state index in [0.29, 0.717) is 12.2 Å². The van der Waals surface area contributed by atoms with Gasteiger partial charge in [-0.3, -0.25) is 9.69 Å². The molecule has 0 saturated heterocycles. The summed E-state index contributed by atoms with van der Waals surface area (Å²) < 4.78 is 10.8. The van der Waals surface area contributed by atoms with E-state index in [9.17, 15) is 14.4 Å². The summed E-state index contributed by atoms with van der Waals surface area (Å²) in [6.45, 7) is 7.60. The van der Waals surface area contributed by atoms with Crippen molar-refractivity contribution in [1.82, 2.24) is 10.1 Å². The molecule has 0 fully saturated rings. The normalized spacial score (nSPS) is 12.1. The van der Waals surface area contributed by atoms with Crippen LogP contribution in [0.5, 0.6) is 5.75 Å². The number of alkyl halides is 2. The summed E-state index contributed by atoms with van der Waals surface area (Å²) in [6.07, 6.45) is 0.699. The Morgan fingerprint density at radius 3 is 2.57 bits per heavy atom. The molecule has 0 aliphatic heterocycles. The largest absolute Gasteiger partial charge is 0.460 e. The minimum atomic E-state index is -0.593. The van der Waals surface area contributed by atoms with Gasteiger partial charge in [-0.25, -0.2) is 4.79 Å². The van der Waals surface area contributed by atoms with Crippen LogP contribution in [0.1, 0.15) is 38.3 Å². The Kier molecular flexibility index (Phi) is 11.2. The van der Waals surface area contributed by atoms with Gasteiger partial charge < -0.3 is 19.5 Å². The topological polar surface area (TPSA) is 84.9 Å². The molecule has 1 N–H and O–H groups in total. The summed E-state index contributed by atoms with van der Waals surface area (Å²) in [5.74, 6) is 0.247. The highest BCUT2D eigenvalue weighted by Crippen LogP contribution is 2.21. The first-order valence-corrected chi connectivity index (χ1v) is 10.7. The van der Waals surface area contributed by atoms with E-state index in [1.54, 1.807) is 32.9 Å². The van der Waals surface area contributed by atoms with Crippen LogP contribution < -0.4 is 9.96 Å². The van der Waals surface area contributed by atoms with Crippen LogP contribution in [-0.4, -0.2) is 60.6 Å². The van der Waals surface area contributed by atoms with Crippen molar-refractivity contribution in [2.75, 3.05) is 18.4 Å². The number of carbonyl (C=O) groups excluding carboxylic acids is 3. The number of amides is 1. The predicted molar refractivity (Wildman–Crippen MR) is 120 cm³/mol. The third kappa shape index (κ3) is 9.83. The Hall–Kier alpha value is -1.77. The van der Waals surface area contributed by atoms with Gasteiger partial charge in [0.25, 0.3) is 7.41 Å². The van der Waals surface area contributed by atoms with Gasteiger partial charge in [-0.15, -0.1) is 23.2 Å². The fourth-order valence-electron chi connectivity index (χ4n) is 2.68. The van der Waals surface area contributed by atoms with Gasteiger partial charge in [0, 0.05) is 18.5 Å². The Balaban J connectivity index is 2.93. The van der Waals surface area contributed by atoms with Crippen molar-refractivity contribution < 1.29 is 23.9 Å². The molecule has 0 aliphatic carbocycles. The zero-order chi connectivity index (χ0) is 22.7. The zero-order valence-corrected chi connectivity index (χ0v) is 19.4. The van der Waals surface area contributed by atoms with Crippen LogP contribution in [-0.2, 0) is 20.7 Å².